The van der Waals surface area contributed by atoms with Crippen molar-refractivity contribution in [2.45, 2.75) is 18.2 Å². The number of hydrogen-bond donors (Lipinski definition) is 2. The quantitative estimate of drug-likeness (QED) is 0.424. The van der Waals surface area contributed by atoms with Gasteiger partial charge in [0.25, 0.3) is 5.69 Å². The smallest absolute Gasteiger partial charge is 0.273 e. The zero-order valence-electron chi connectivity index (χ0n) is 13.1. The zero-order valence-corrected chi connectivity index (χ0v) is 13.9. The molecule has 1 aliphatic rings. The van der Waals surface area contributed by atoms with Crippen molar-refractivity contribution in [3.8, 4) is 0 Å². The molecule has 1 saturated heterocycles. The summed E-state index contributed by atoms with van der Waals surface area (Å²) in [4.78, 5) is 12.6. The molecule has 0 amide bonds. The van der Waals surface area contributed by atoms with Crippen LogP contribution in [0.5, 0.6) is 0 Å². The Kier molecular flexibility index (Phi) is 6.05. The first-order valence-electron chi connectivity index (χ1n) is 7.58. The lowest BCUT2D eigenvalue weighted by molar-refractivity contribution is -0.385. The van der Waals surface area contributed by atoms with E-state index in [9.17, 15) is 18.5 Å². The number of rotatable bonds is 7. The Morgan fingerprint density at radius 2 is 2.04 bits per heavy atom. The van der Waals surface area contributed by atoms with Crippen LogP contribution in [0.15, 0.2) is 23.1 Å². The minimum absolute atomic E-state index is 0.0722. The molecular formula is C14H22N4O4S. The summed E-state index contributed by atoms with van der Waals surface area (Å²) >= 11 is 0. The van der Waals surface area contributed by atoms with Crippen LogP contribution in [0.25, 0.3) is 0 Å². The Morgan fingerprint density at radius 1 is 1.35 bits per heavy atom. The second kappa shape index (κ2) is 7.82. The lowest BCUT2D eigenvalue weighted by atomic mass is 10.2. The average molecular weight is 342 g/mol. The summed E-state index contributed by atoms with van der Waals surface area (Å²) in [6.45, 7) is 6.58. The molecule has 1 aliphatic heterocycles. The van der Waals surface area contributed by atoms with Gasteiger partial charge in [-0.1, -0.05) is 6.07 Å². The van der Waals surface area contributed by atoms with Gasteiger partial charge in [-0.25, -0.2) is 13.1 Å². The molecule has 0 saturated carbocycles. The summed E-state index contributed by atoms with van der Waals surface area (Å²) in [6.07, 6.45) is 0.702. The van der Waals surface area contributed by atoms with Gasteiger partial charge in [0.2, 0.25) is 10.0 Å². The molecule has 1 aromatic carbocycles. The van der Waals surface area contributed by atoms with Crippen molar-refractivity contribution in [3.05, 3.63) is 33.9 Å². The molecule has 0 spiro atoms. The van der Waals surface area contributed by atoms with Gasteiger partial charge in [-0.3, -0.25) is 10.1 Å². The van der Waals surface area contributed by atoms with Crippen LogP contribution >= 0.6 is 0 Å². The molecule has 0 bridgehead atoms. The molecule has 23 heavy (non-hydrogen) atoms. The van der Waals surface area contributed by atoms with E-state index in [1.54, 1.807) is 6.92 Å². The van der Waals surface area contributed by atoms with Gasteiger partial charge in [0.05, 0.1) is 9.82 Å². The van der Waals surface area contributed by atoms with E-state index >= 15 is 0 Å². The van der Waals surface area contributed by atoms with Gasteiger partial charge >= 0.3 is 0 Å². The summed E-state index contributed by atoms with van der Waals surface area (Å²) in [6, 6.07) is 3.95. The minimum atomic E-state index is -3.72. The van der Waals surface area contributed by atoms with Gasteiger partial charge in [-0.2, -0.15) is 0 Å². The summed E-state index contributed by atoms with van der Waals surface area (Å²) in [5, 5.41) is 14.2. The predicted octanol–water partition coefficient (Wildman–Crippen LogP) is 0.477. The second-order valence-corrected chi connectivity index (χ2v) is 7.32. The number of benzene rings is 1. The van der Waals surface area contributed by atoms with Crippen molar-refractivity contribution >= 4 is 15.7 Å². The van der Waals surface area contributed by atoms with E-state index in [0.717, 1.165) is 38.8 Å². The van der Waals surface area contributed by atoms with Gasteiger partial charge < -0.3 is 10.2 Å². The van der Waals surface area contributed by atoms with Crippen molar-refractivity contribution in [2.24, 2.45) is 0 Å². The van der Waals surface area contributed by atoms with Crippen molar-refractivity contribution in [1.29, 1.82) is 0 Å². The van der Waals surface area contributed by atoms with E-state index in [0.29, 0.717) is 18.5 Å². The van der Waals surface area contributed by atoms with E-state index in [4.69, 9.17) is 0 Å². The highest BCUT2D eigenvalue weighted by atomic mass is 32.2. The van der Waals surface area contributed by atoms with Crippen LogP contribution in [-0.2, 0) is 10.0 Å². The monoisotopic (exact) mass is 342 g/mol. The van der Waals surface area contributed by atoms with Gasteiger partial charge in [0.15, 0.2) is 0 Å². The lowest BCUT2D eigenvalue weighted by Crippen LogP contribution is -2.44. The third-order valence-corrected chi connectivity index (χ3v) is 5.30. The second-order valence-electron chi connectivity index (χ2n) is 5.55. The first kappa shape index (κ1) is 17.8. The Labute approximate surface area is 136 Å². The summed E-state index contributed by atoms with van der Waals surface area (Å²) in [7, 11) is -3.72. The molecule has 0 atom stereocenters. The maximum atomic E-state index is 12.2. The summed E-state index contributed by atoms with van der Waals surface area (Å²) in [5.74, 6) is 0. The molecule has 0 unspecified atom stereocenters. The van der Waals surface area contributed by atoms with Crippen molar-refractivity contribution in [2.75, 3.05) is 39.3 Å². The number of piperazine rings is 1. The van der Waals surface area contributed by atoms with Crippen LogP contribution in [0.1, 0.15) is 12.0 Å². The molecule has 2 N–H and O–H groups in total. The van der Waals surface area contributed by atoms with Crippen LogP contribution in [-0.4, -0.2) is 57.5 Å². The maximum absolute atomic E-state index is 12.2. The molecule has 0 aliphatic carbocycles. The minimum Gasteiger partial charge on any atom is -0.314 e. The zero-order chi connectivity index (χ0) is 16.9. The highest BCUT2D eigenvalue weighted by molar-refractivity contribution is 7.89. The largest absolute Gasteiger partial charge is 0.314 e. The van der Waals surface area contributed by atoms with Crippen molar-refractivity contribution in [1.82, 2.24) is 14.9 Å². The number of sulfonamides is 1. The predicted molar refractivity (Wildman–Crippen MR) is 86.9 cm³/mol. The van der Waals surface area contributed by atoms with Gasteiger partial charge in [0.1, 0.15) is 0 Å². The van der Waals surface area contributed by atoms with Crippen LogP contribution < -0.4 is 10.0 Å². The molecule has 0 aromatic heterocycles. The molecular weight excluding hydrogens is 320 g/mol. The van der Waals surface area contributed by atoms with Crippen molar-refractivity contribution in [3.63, 3.8) is 0 Å². The molecule has 128 valence electrons. The number of aryl methyl sites for hydroxylation is 1. The highest BCUT2D eigenvalue weighted by Crippen LogP contribution is 2.21. The van der Waals surface area contributed by atoms with Crippen LogP contribution in [0.4, 0.5) is 5.69 Å². The normalized spacial score (nSPS) is 16.4. The number of nitrogens with one attached hydrogen (secondary N) is 2. The molecule has 9 heteroatoms. The molecule has 0 radical (unpaired) electrons. The Bertz CT molecular complexity index is 657. The average Bonchev–Trinajstić information content (AvgIpc) is 2.52. The fourth-order valence-electron chi connectivity index (χ4n) is 2.48. The van der Waals surface area contributed by atoms with E-state index in [1.807, 2.05) is 0 Å². The van der Waals surface area contributed by atoms with E-state index in [-0.39, 0.29) is 10.6 Å². The van der Waals surface area contributed by atoms with Gasteiger partial charge in [-0.05, 0) is 26.0 Å². The first-order valence-corrected chi connectivity index (χ1v) is 9.06. The fourth-order valence-corrected chi connectivity index (χ4v) is 3.57. The Morgan fingerprint density at radius 3 is 2.70 bits per heavy atom. The van der Waals surface area contributed by atoms with E-state index in [2.05, 4.69) is 14.9 Å². The van der Waals surface area contributed by atoms with Crippen LogP contribution in [0.2, 0.25) is 0 Å². The fraction of sp³-hybridized carbons (Fsp3) is 0.571. The molecule has 8 nitrogen and oxygen atoms in total. The number of hydrogen-bond acceptors (Lipinski definition) is 6. The van der Waals surface area contributed by atoms with Crippen molar-refractivity contribution < 1.29 is 13.3 Å². The molecule has 1 fully saturated rings. The number of nitro groups is 1. The van der Waals surface area contributed by atoms with E-state index in [1.165, 1.54) is 12.1 Å². The third kappa shape index (κ3) is 4.96. The van der Waals surface area contributed by atoms with Crippen LogP contribution in [0.3, 0.4) is 0 Å². The van der Waals surface area contributed by atoms with Crippen LogP contribution in [0, 0.1) is 17.0 Å². The maximum Gasteiger partial charge on any atom is 0.273 e. The summed E-state index contributed by atoms with van der Waals surface area (Å²) in [5.41, 5.74) is 0.251. The number of nitro benzene ring substituents is 1. The lowest BCUT2D eigenvalue weighted by Gasteiger charge is -2.27. The topological polar surface area (TPSA) is 105 Å². The molecule has 2 rings (SSSR count). The third-order valence-electron chi connectivity index (χ3n) is 3.84. The van der Waals surface area contributed by atoms with Gasteiger partial charge in [0, 0.05) is 44.4 Å². The molecule has 1 heterocycles. The molecule has 1 aromatic rings. The Balaban J connectivity index is 1.91. The SMILES string of the molecule is Cc1ccc(S(=O)(=O)NCCCN2CCNCC2)cc1[N+](=O)[O-]. The Hall–Kier alpha value is -1.55. The highest BCUT2D eigenvalue weighted by Gasteiger charge is 2.19. The van der Waals surface area contributed by atoms with E-state index < -0.39 is 14.9 Å². The standard InChI is InChI=1S/C14H22N4O4S/c1-12-3-4-13(11-14(12)18(19)20)23(21,22)16-5-2-8-17-9-6-15-7-10-17/h3-4,11,15-16H,2,5-10H2,1H3. The first-order chi connectivity index (χ1) is 10.9. The number of nitrogens with zero attached hydrogens (tertiary/aromatic N) is 2. The summed E-state index contributed by atoms with van der Waals surface area (Å²) < 4.78 is 26.9. The van der Waals surface area contributed by atoms with Gasteiger partial charge in [-0.15, -0.1) is 0 Å².